The molecule has 17 heavy (non-hydrogen) atoms. The molecule has 0 spiro atoms. The Morgan fingerprint density at radius 3 is 2.65 bits per heavy atom. The molecule has 0 radical (unpaired) electrons. The lowest BCUT2D eigenvalue weighted by molar-refractivity contribution is 0.0598. The average Bonchev–Trinajstić information content (AvgIpc) is 2.36. The summed E-state index contributed by atoms with van der Waals surface area (Å²) in [4.78, 5) is 11.8. The predicted octanol–water partition coefficient (Wildman–Crippen LogP) is 4.17. The fourth-order valence-electron chi connectivity index (χ4n) is 1.55. The first-order valence-corrected chi connectivity index (χ1v) is 7.04. The minimum atomic E-state index is -0.406. The summed E-state index contributed by atoms with van der Waals surface area (Å²) in [5.41, 5.74) is 1.17. The highest BCUT2D eigenvalue weighted by atomic mass is 79.9. The molecule has 3 nitrogen and oxygen atoms in total. The second-order valence-electron chi connectivity index (χ2n) is 3.26. The van der Waals surface area contributed by atoms with E-state index in [1.807, 2.05) is 12.2 Å². The van der Waals surface area contributed by atoms with Crippen LogP contribution >= 0.6 is 47.8 Å². The molecule has 0 bridgehead atoms. The van der Waals surface area contributed by atoms with Crippen molar-refractivity contribution in [2.75, 3.05) is 13.7 Å². The van der Waals surface area contributed by atoms with E-state index in [0.29, 0.717) is 28.0 Å². The Kier molecular flexibility index (Phi) is 3.95. The molecular weight excluding hydrogens is 420 g/mol. The third kappa shape index (κ3) is 2.18. The van der Waals surface area contributed by atoms with Gasteiger partial charge in [0.2, 0.25) is 0 Å². The lowest BCUT2D eigenvalue weighted by atomic mass is 10.0. The maximum Gasteiger partial charge on any atom is 0.339 e. The van der Waals surface area contributed by atoms with Crippen LogP contribution in [-0.2, 0) is 4.74 Å². The Labute approximate surface area is 124 Å². The van der Waals surface area contributed by atoms with Crippen LogP contribution in [-0.4, -0.2) is 19.7 Å². The maximum absolute atomic E-state index is 11.8. The van der Waals surface area contributed by atoms with E-state index in [4.69, 9.17) is 9.47 Å². The summed E-state index contributed by atoms with van der Waals surface area (Å²) in [6.07, 6.45) is 3.70. The van der Waals surface area contributed by atoms with Gasteiger partial charge in [-0.15, -0.1) is 0 Å². The van der Waals surface area contributed by atoms with Crippen molar-refractivity contribution in [3.8, 4) is 5.75 Å². The van der Waals surface area contributed by atoms with Gasteiger partial charge in [-0.1, -0.05) is 6.08 Å². The molecule has 90 valence electrons. The highest BCUT2D eigenvalue weighted by Gasteiger charge is 2.26. The van der Waals surface area contributed by atoms with Gasteiger partial charge in [0, 0.05) is 10.0 Å². The summed E-state index contributed by atoms with van der Waals surface area (Å²) in [6.45, 7) is 0.486. The smallest absolute Gasteiger partial charge is 0.339 e. The largest absolute Gasteiger partial charge is 0.488 e. The number of methoxy groups -OCH3 is 1. The Balaban J connectivity index is 2.79. The van der Waals surface area contributed by atoms with E-state index in [0.717, 1.165) is 8.95 Å². The number of esters is 1. The number of ether oxygens (including phenoxy) is 2. The van der Waals surface area contributed by atoms with E-state index in [1.165, 1.54) is 7.11 Å². The minimum absolute atomic E-state index is 0.406. The molecule has 1 aliphatic rings. The lowest BCUT2D eigenvalue weighted by Crippen LogP contribution is -2.11. The first kappa shape index (κ1) is 13.1. The van der Waals surface area contributed by atoms with E-state index < -0.39 is 5.97 Å². The summed E-state index contributed by atoms with van der Waals surface area (Å²) in [6, 6.07) is 0. The molecule has 0 amide bonds. The van der Waals surface area contributed by atoms with Crippen LogP contribution in [0.15, 0.2) is 19.5 Å². The zero-order valence-corrected chi connectivity index (χ0v) is 13.5. The third-order valence-corrected chi connectivity index (χ3v) is 5.72. The summed E-state index contributed by atoms with van der Waals surface area (Å²) in [5.74, 6) is 0.236. The number of fused-ring (bicyclic) bond motifs is 1. The molecule has 6 heteroatoms. The van der Waals surface area contributed by atoms with Gasteiger partial charge in [-0.25, -0.2) is 4.79 Å². The molecule has 1 heterocycles. The van der Waals surface area contributed by atoms with Crippen LogP contribution in [0.5, 0.6) is 5.75 Å². The minimum Gasteiger partial charge on any atom is -0.488 e. The van der Waals surface area contributed by atoms with Gasteiger partial charge in [-0.05, 0) is 53.9 Å². The molecule has 0 aromatic heterocycles. The summed E-state index contributed by atoms with van der Waals surface area (Å²) in [5, 5.41) is 0. The normalized spacial score (nSPS) is 12.9. The van der Waals surface area contributed by atoms with Gasteiger partial charge < -0.3 is 9.47 Å². The molecular formula is C11H7Br3O3. The van der Waals surface area contributed by atoms with E-state index in [-0.39, 0.29) is 0 Å². The standard InChI is InChI=1S/C11H7Br3O3/c1-16-11(15)6-5-3-2-4-17-10(5)9(14)8(13)7(6)12/h2-3H,4H2,1H3. The van der Waals surface area contributed by atoms with Crippen LogP contribution in [0, 0.1) is 0 Å². The molecule has 1 aromatic rings. The number of halogens is 3. The van der Waals surface area contributed by atoms with Gasteiger partial charge in [0.05, 0.1) is 21.6 Å². The third-order valence-electron chi connectivity index (χ3n) is 2.32. The van der Waals surface area contributed by atoms with Crippen LogP contribution in [0.25, 0.3) is 6.08 Å². The molecule has 0 unspecified atom stereocenters. The monoisotopic (exact) mass is 424 g/mol. The van der Waals surface area contributed by atoms with Crippen molar-refractivity contribution in [2.24, 2.45) is 0 Å². The van der Waals surface area contributed by atoms with Crippen LogP contribution in [0.4, 0.5) is 0 Å². The highest BCUT2D eigenvalue weighted by molar-refractivity contribution is 9.14. The van der Waals surface area contributed by atoms with Crippen molar-refractivity contribution in [3.63, 3.8) is 0 Å². The van der Waals surface area contributed by atoms with Gasteiger partial charge in [-0.3, -0.25) is 0 Å². The second kappa shape index (κ2) is 5.12. The summed E-state index contributed by atoms with van der Waals surface area (Å²) < 4.78 is 12.5. The van der Waals surface area contributed by atoms with Crippen LogP contribution < -0.4 is 4.74 Å². The molecule has 0 atom stereocenters. The SMILES string of the molecule is COC(=O)c1c(Br)c(Br)c(Br)c2c1C=CCO2. The van der Waals surface area contributed by atoms with Crippen molar-refractivity contribution >= 4 is 59.8 Å². The predicted molar refractivity (Wildman–Crippen MR) is 75.4 cm³/mol. The van der Waals surface area contributed by atoms with Crippen molar-refractivity contribution in [2.45, 2.75) is 0 Å². The zero-order chi connectivity index (χ0) is 12.6. The van der Waals surface area contributed by atoms with Gasteiger partial charge in [0.15, 0.2) is 0 Å². The fraction of sp³-hybridized carbons (Fsp3) is 0.182. The van der Waals surface area contributed by atoms with Gasteiger partial charge in [0.25, 0.3) is 0 Å². The molecule has 0 aliphatic carbocycles. The second-order valence-corrected chi connectivity index (χ2v) is 5.64. The van der Waals surface area contributed by atoms with Crippen LogP contribution in [0.2, 0.25) is 0 Å². The fourth-order valence-corrected chi connectivity index (χ4v) is 3.30. The molecule has 1 aromatic carbocycles. The molecule has 2 rings (SSSR count). The van der Waals surface area contributed by atoms with E-state index in [1.54, 1.807) is 0 Å². The number of benzene rings is 1. The Morgan fingerprint density at radius 1 is 1.29 bits per heavy atom. The van der Waals surface area contributed by atoms with Crippen LogP contribution in [0.1, 0.15) is 15.9 Å². The molecule has 0 fully saturated rings. The van der Waals surface area contributed by atoms with E-state index >= 15 is 0 Å². The van der Waals surface area contributed by atoms with Gasteiger partial charge in [0.1, 0.15) is 12.4 Å². The van der Waals surface area contributed by atoms with Gasteiger partial charge in [-0.2, -0.15) is 0 Å². The molecule has 0 saturated heterocycles. The molecule has 0 N–H and O–H groups in total. The maximum atomic E-state index is 11.8. The van der Waals surface area contributed by atoms with Crippen molar-refractivity contribution in [3.05, 3.63) is 30.6 Å². The van der Waals surface area contributed by atoms with Crippen molar-refractivity contribution in [1.82, 2.24) is 0 Å². The number of hydrogen-bond donors (Lipinski definition) is 0. The summed E-state index contributed by atoms with van der Waals surface area (Å²) in [7, 11) is 1.35. The van der Waals surface area contributed by atoms with Crippen molar-refractivity contribution < 1.29 is 14.3 Å². The molecule has 0 saturated carbocycles. The Morgan fingerprint density at radius 2 is 2.00 bits per heavy atom. The first-order chi connectivity index (χ1) is 8.07. The highest BCUT2D eigenvalue weighted by Crippen LogP contribution is 2.45. The van der Waals surface area contributed by atoms with Crippen LogP contribution in [0.3, 0.4) is 0 Å². The topological polar surface area (TPSA) is 35.5 Å². The quantitative estimate of drug-likeness (QED) is 0.499. The van der Waals surface area contributed by atoms with E-state index in [9.17, 15) is 4.79 Å². The Bertz CT molecular complexity index is 523. The van der Waals surface area contributed by atoms with E-state index in [2.05, 4.69) is 47.8 Å². The Hall–Kier alpha value is -0.330. The van der Waals surface area contributed by atoms with Crippen molar-refractivity contribution in [1.29, 1.82) is 0 Å². The number of carbonyl (C=O) groups is 1. The molecule has 1 aliphatic heterocycles. The summed E-state index contributed by atoms with van der Waals surface area (Å²) >= 11 is 10.2. The first-order valence-electron chi connectivity index (χ1n) is 4.66. The number of carbonyl (C=O) groups excluding carboxylic acids is 1. The number of hydrogen-bond acceptors (Lipinski definition) is 3. The lowest BCUT2D eigenvalue weighted by Gasteiger charge is -2.19. The average molecular weight is 427 g/mol. The van der Waals surface area contributed by atoms with Gasteiger partial charge >= 0.3 is 5.97 Å². The zero-order valence-electron chi connectivity index (χ0n) is 8.72. The number of rotatable bonds is 1.